The van der Waals surface area contributed by atoms with Gasteiger partial charge in [-0.05, 0) is 23.1 Å². The lowest BCUT2D eigenvalue weighted by molar-refractivity contribution is 0.0729. The second-order valence-corrected chi connectivity index (χ2v) is 12.0. The highest BCUT2D eigenvalue weighted by atomic mass is 32.2. The van der Waals surface area contributed by atoms with Crippen LogP contribution < -0.4 is 10.6 Å². The van der Waals surface area contributed by atoms with E-state index in [1.54, 1.807) is 0 Å². The number of phenolic OH excluding ortho intramolecular Hbond substituents is 1. The number of rotatable bonds is 5. The average molecular weight is 520 g/mol. The molecule has 1 unspecified atom stereocenters. The number of para-hydroxylation sites is 1. The fourth-order valence-electron chi connectivity index (χ4n) is 3.91. The van der Waals surface area contributed by atoms with Gasteiger partial charge in [-0.25, -0.2) is 12.6 Å². The summed E-state index contributed by atoms with van der Waals surface area (Å²) in [5.41, 5.74) is 0.896. The van der Waals surface area contributed by atoms with Gasteiger partial charge < -0.3 is 20.5 Å². The molecule has 2 aliphatic rings. The van der Waals surface area contributed by atoms with Gasteiger partial charge in [-0.3, -0.25) is 0 Å². The first-order chi connectivity index (χ1) is 16.6. The zero-order valence-electron chi connectivity index (χ0n) is 19.8. The minimum absolute atomic E-state index is 0.110. The lowest BCUT2D eigenvalue weighted by Crippen LogP contribution is -2.41. The quantitative estimate of drug-likeness (QED) is 0.517. The molecule has 1 saturated heterocycles. The lowest BCUT2D eigenvalue weighted by atomic mass is 9.82. The topological polar surface area (TPSA) is 133 Å². The van der Waals surface area contributed by atoms with E-state index in [2.05, 4.69) is 40.2 Å². The first kappa shape index (κ1) is 25.3. The highest BCUT2D eigenvalue weighted by Crippen LogP contribution is 2.35. The molecule has 0 amide bonds. The number of amidine groups is 2. The number of nitrogens with zero attached hydrogens (tertiary/aromatic N) is 3. The van der Waals surface area contributed by atoms with E-state index >= 15 is 0 Å². The summed E-state index contributed by atoms with van der Waals surface area (Å²) in [6.45, 7) is 7.21. The molecule has 2 heterocycles. The van der Waals surface area contributed by atoms with Crippen molar-refractivity contribution in [3.8, 4) is 5.75 Å². The van der Waals surface area contributed by atoms with Gasteiger partial charge in [0.05, 0.1) is 24.9 Å². The Kier molecular flexibility index (Phi) is 7.27. The number of morpholine rings is 1. The molecule has 0 spiro atoms. The predicted molar refractivity (Wildman–Crippen MR) is 136 cm³/mol. The summed E-state index contributed by atoms with van der Waals surface area (Å²) in [5, 5.41) is 17.1. The van der Waals surface area contributed by atoms with E-state index in [1.807, 2.05) is 30.3 Å². The number of nitrogens with one attached hydrogen (secondary N) is 2. The summed E-state index contributed by atoms with van der Waals surface area (Å²) >= 11 is -1.86. The third-order valence-electron chi connectivity index (χ3n) is 5.68. The van der Waals surface area contributed by atoms with E-state index in [0.29, 0.717) is 13.2 Å². The average Bonchev–Trinajstić information content (AvgIpc) is 3.17. The number of hydrogen-bond donors (Lipinski definition) is 3. The molecule has 0 bridgehead atoms. The number of benzene rings is 2. The van der Waals surface area contributed by atoms with Gasteiger partial charge in [0.15, 0.2) is 17.4 Å². The van der Waals surface area contributed by atoms with Gasteiger partial charge in [0.1, 0.15) is 4.90 Å². The second-order valence-electron chi connectivity index (χ2n) is 9.26. The second kappa shape index (κ2) is 10.1. The largest absolute Gasteiger partial charge is 0.504 e. The number of phenols is 1. The summed E-state index contributed by atoms with van der Waals surface area (Å²) in [7, 11) is -3.93. The molecular weight excluding hydrogens is 490 g/mol. The molecule has 0 radical (unpaired) electrons. The van der Waals surface area contributed by atoms with Gasteiger partial charge in [0.2, 0.25) is 10.0 Å². The van der Waals surface area contributed by atoms with Crippen molar-refractivity contribution in [3.05, 3.63) is 54.1 Å². The summed E-state index contributed by atoms with van der Waals surface area (Å²) in [5.74, 6) is -0.0492. The standard InChI is InChI=1S/C23H29N5O5S2/c1-23(2,3)20(16-8-5-4-6-9-16)25-22-21(26-34(30)27-22)24-17-10-7-11-18(19(17)29)35(31,32)28-12-14-33-15-13-28/h4-11,20,29H,12-15H2,1-3H3,(H,24,26)(H,25,27)/t20-,34?/m0/s1. The molecule has 35 heavy (non-hydrogen) atoms. The molecule has 0 saturated carbocycles. The van der Waals surface area contributed by atoms with Crippen molar-refractivity contribution in [2.75, 3.05) is 31.6 Å². The lowest BCUT2D eigenvalue weighted by Gasteiger charge is -2.32. The Morgan fingerprint density at radius 1 is 1.03 bits per heavy atom. The Morgan fingerprint density at radius 3 is 2.34 bits per heavy atom. The van der Waals surface area contributed by atoms with Crippen LogP contribution in [0.15, 0.2) is 62.2 Å². The molecule has 12 heteroatoms. The van der Waals surface area contributed by atoms with Crippen molar-refractivity contribution >= 4 is 38.6 Å². The molecule has 2 aliphatic heterocycles. The van der Waals surface area contributed by atoms with Crippen LogP contribution in [0.2, 0.25) is 0 Å². The number of aromatic hydroxyl groups is 1. The van der Waals surface area contributed by atoms with Crippen LogP contribution in [0.3, 0.4) is 0 Å². The van der Waals surface area contributed by atoms with E-state index < -0.39 is 26.9 Å². The van der Waals surface area contributed by atoms with Crippen molar-refractivity contribution in [2.24, 2.45) is 14.2 Å². The molecule has 0 aliphatic carbocycles. The van der Waals surface area contributed by atoms with E-state index in [9.17, 15) is 17.7 Å². The zero-order valence-corrected chi connectivity index (χ0v) is 21.4. The summed E-state index contributed by atoms with van der Waals surface area (Å²) < 4.78 is 53.1. The minimum atomic E-state index is -3.93. The monoisotopic (exact) mass is 519 g/mol. The molecule has 1 fully saturated rings. The smallest absolute Gasteiger partial charge is 0.269 e. The van der Waals surface area contributed by atoms with Crippen LogP contribution in [0, 0.1) is 5.41 Å². The van der Waals surface area contributed by atoms with Gasteiger partial charge >= 0.3 is 0 Å². The fraction of sp³-hybridized carbons (Fsp3) is 0.391. The van der Waals surface area contributed by atoms with Gasteiger partial charge in [-0.1, -0.05) is 57.2 Å². The number of sulfonamides is 1. The van der Waals surface area contributed by atoms with E-state index in [1.165, 1.54) is 22.5 Å². The number of hydrogen-bond acceptors (Lipinski definition) is 7. The molecule has 2 aromatic rings. The first-order valence-corrected chi connectivity index (χ1v) is 13.7. The number of anilines is 1. The highest BCUT2D eigenvalue weighted by Gasteiger charge is 2.32. The maximum atomic E-state index is 13.1. The maximum Gasteiger partial charge on any atom is 0.269 e. The minimum Gasteiger partial charge on any atom is -0.504 e. The van der Waals surface area contributed by atoms with Crippen LogP contribution in [0.5, 0.6) is 5.75 Å². The van der Waals surface area contributed by atoms with E-state index in [-0.39, 0.29) is 46.8 Å². The van der Waals surface area contributed by atoms with Crippen molar-refractivity contribution in [3.63, 3.8) is 0 Å². The Bertz CT molecular complexity index is 1270. The number of ether oxygens (including phenoxy) is 1. The van der Waals surface area contributed by atoms with E-state index in [4.69, 9.17) is 4.74 Å². The molecular formula is C23H29N5O5S2. The van der Waals surface area contributed by atoms with Crippen molar-refractivity contribution in [1.29, 1.82) is 0 Å². The van der Waals surface area contributed by atoms with Gasteiger partial charge in [0, 0.05) is 13.1 Å². The Labute approximate surface area is 207 Å². The van der Waals surface area contributed by atoms with Crippen LogP contribution in [-0.2, 0) is 25.9 Å². The van der Waals surface area contributed by atoms with Crippen LogP contribution in [0.1, 0.15) is 32.4 Å². The first-order valence-electron chi connectivity index (χ1n) is 11.2. The van der Waals surface area contributed by atoms with E-state index in [0.717, 1.165) is 5.56 Å². The normalized spacial score (nSPS) is 20.1. The van der Waals surface area contributed by atoms with Crippen LogP contribution in [0.25, 0.3) is 0 Å². The third kappa shape index (κ3) is 5.56. The van der Waals surface area contributed by atoms with Crippen molar-refractivity contribution in [1.82, 2.24) is 9.62 Å². The molecule has 2 aromatic carbocycles. The zero-order chi connectivity index (χ0) is 25.2. The third-order valence-corrected chi connectivity index (χ3v) is 8.29. The van der Waals surface area contributed by atoms with Gasteiger partial charge in [-0.2, -0.15) is 4.31 Å². The van der Waals surface area contributed by atoms with Crippen molar-refractivity contribution < 1.29 is 22.5 Å². The molecule has 10 nitrogen and oxygen atoms in total. The van der Waals surface area contributed by atoms with Crippen LogP contribution in [0.4, 0.5) is 5.69 Å². The maximum absolute atomic E-state index is 13.1. The Balaban J connectivity index is 1.60. The summed E-state index contributed by atoms with van der Waals surface area (Å²) in [6.07, 6.45) is 0. The molecule has 0 aromatic heterocycles. The summed E-state index contributed by atoms with van der Waals surface area (Å²) in [4.78, 5) is -0.229. The molecule has 2 atom stereocenters. The van der Waals surface area contributed by atoms with Crippen LogP contribution >= 0.6 is 0 Å². The molecule has 188 valence electrons. The fourth-order valence-corrected chi connectivity index (χ4v) is 6.04. The highest BCUT2D eigenvalue weighted by molar-refractivity contribution is 7.89. The predicted octanol–water partition coefficient (Wildman–Crippen LogP) is 2.59. The molecule has 3 N–H and O–H groups in total. The SMILES string of the molecule is CC(C)(C)[C@@H](NC1=NS(=O)N=C1Nc1cccc(S(=O)(=O)N2CCOCC2)c1O)c1ccccc1. The van der Waals surface area contributed by atoms with Crippen molar-refractivity contribution in [2.45, 2.75) is 31.7 Å². The van der Waals surface area contributed by atoms with Crippen LogP contribution in [-0.4, -0.2) is 60.0 Å². The van der Waals surface area contributed by atoms with Gasteiger partial charge in [0.25, 0.3) is 11.2 Å². The Morgan fingerprint density at radius 2 is 1.69 bits per heavy atom. The molecule has 4 rings (SSSR count). The summed E-state index contributed by atoms with van der Waals surface area (Å²) in [6, 6.07) is 14.0. The van der Waals surface area contributed by atoms with Gasteiger partial charge in [-0.15, -0.1) is 8.80 Å². The Hall–Kier alpha value is -2.80.